The van der Waals surface area contributed by atoms with E-state index in [9.17, 15) is 0 Å². The topological polar surface area (TPSA) is 55.2 Å². The predicted octanol–water partition coefficient (Wildman–Crippen LogP) is 2.17. The fourth-order valence-corrected chi connectivity index (χ4v) is 1.43. The van der Waals surface area contributed by atoms with Crippen LogP contribution in [0.3, 0.4) is 0 Å². The van der Waals surface area contributed by atoms with E-state index in [1.807, 2.05) is 12.1 Å². The number of hydrogen-bond acceptors (Lipinski definition) is 4. The molecule has 2 aromatic rings. The Kier molecular flexibility index (Phi) is 3.90. The van der Waals surface area contributed by atoms with E-state index in [1.54, 1.807) is 24.5 Å². The van der Waals surface area contributed by atoms with Crippen molar-refractivity contribution in [1.82, 2.24) is 9.97 Å². The Bertz CT molecular complexity index is 471. The van der Waals surface area contributed by atoms with Gasteiger partial charge < -0.3 is 9.84 Å². The van der Waals surface area contributed by atoms with Crippen LogP contribution in [0.25, 0.3) is 11.4 Å². The van der Waals surface area contributed by atoms with Crippen molar-refractivity contribution in [2.45, 2.75) is 0 Å². The summed E-state index contributed by atoms with van der Waals surface area (Å²) in [5, 5.41) is 9.29. The Balaban J connectivity index is 2.14. The first-order valence-electron chi connectivity index (χ1n) is 5.11. The van der Waals surface area contributed by atoms with E-state index >= 15 is 0 Å². The van der Waals surface area contributed by atoms with Crippen LogP contribution in [0, 0.1) is 0 Å². The first-order valence-corrected chi connectivity index (χ1v) is 5.49. The zero-order valence-corrected chi connectivity index (χ0v) is 9.76. The summed E-state index contributed by atoms with van der Waals surface area (Å²) in [6.45, 7) is 0.211. The van der Waals surface area contributed by atoms with Crippen LogP contribution in [-0.4, -0.2) is 28.3 Å². The summed E-state index contributed by atoms with van der Waals surface area (Å²) in [5.74, 6) is 1.15. The number of halogens is 1. The molecule has 1 aromatic carbocycles. The number of aliphatic hydroxyl groups excluding tert-OH is 1. The molecule has 0 atom stereocenters. The fraction of sp³-hybridized carbons (Fsp3) is 0.167. The van der Waals surface area contributed by atoms with Gasteiger partial charge in [-0.2, -0.15) is 0 Å². The van der Waals surface area contributed by atoms with E-state index < -0.39 is 0 Å². The SMILES string of the molecule is OCCOc1cnc(-c2ccc(Cl)cc2)nc1. The van der Waals surface area contributed by atoms with Gasteiger partial charge in [-0.1, -0.05) is 11.6 Å². The molecule has 0 saturated carbocycles. The van der Waals surface area contributed by atoms with E-state index in [0.717, 1.165) is 5.56 Å². The lowest BCUT2D eigenvalue weighted by molar-refractivity contribution is 0.200. The lowest BCUT2D eigenvalue weighted by Crippen LogP contribution is -2.02. The van der Waals surface area contributed by atoms with E-state index in [4.69, 9.17) is 21.4 Å². The van der Waals surface area contributed by atoms with Crippen LogP contribution < -0.4 is 4.74 Å². The third-order valence-corrected chi connectivity index (χ3v) is 2.34. The maximum atomic E-state index is 8.61. The minimum Gasteiger partial charge on any atom is -0.488 e. The van der Waals surface area contributed by atoms with Gasteiger partial charge in [0.15, 0.2) is 11.6 Å². The van der Waals surface area contributed by atoms with Gasteiger partial charge in [-0.15, -0.1) is 0 Å². The molecule has 0 aliphatic carbocycles. The summed E-state index contributed by atoms with van der Waals surface area (Å²) in [6, 6.07) is 7.28. The van der Waals surface area contributed by atoms with Gasteiger partial charge in [0.2, 0.25) is 0 Å². The first-order chi connectivity index (χ1) is 8.29. The number of aliphatic hydroxyl groups is 1. The summed E-state index contributed by atoms with van der Waals surface area (Å²) < 4.78 is 5.17. The quantitative estimate of drug-likeness (QED) is 0.904. The summed E-state index contributed by atoms with van der Waals surface area (Å²) in [6.07, 6.45) is 3.15. The molecule has 0 bridgehead atoms. The molecule has 0 aliphatic rings. The molecule has 5 heteroatoms. The normalized spacial score (nSPS) is 10.2. The minimum absolute atomic E-state index is 0.0288. The number of ether oxygens (including phenoxy) is 1. The highest BCUT2D eigenvalue weighted by molar-refractivity contribution is 6.30. The molecule has 0 spiro atoms. The average molecular weight is 251 g/mol. The van der Waals surface area contributed by atoms with Crippen LogP contribution in [0.2, 0.25) is 5.02 Å². The van der Waals surface area contributed by atoms with Gasteiger partial charge in [0.25, 0.3) is 0 Å². The second kappa shape index (κ2) is 5.61. The van der Waals surface area contributed by atoms with Crippen LogP contribution in [-0.2, 0) is 0 Å². The molecule has 17 heavy (non-hydrogen) atoms. The van der Waals surface area contributed by atoms with Crippen molar-refractivity contribution in [3.8, 4) is 17.1 Å². The molecule has 0 fully saturated rings. The van der Waals surface area contributed by atoms with Crippen LogP contribution in [0.5, 0.6) is 5.75 Å². The lowest BCUT2D eigenvalue weighted by Gasteiger charge is -2.04. The second-order valence-corrected chi connectivity index (χ2v) is 3.76. The fourth-order valence-electron chi connectivity index (χ4n) is 1.30. The highest BCUT2D eigenvalue weighted by Gasteiger charge is 2.01. The third-order valence-electron chi connectivity index (χ3n) is 2.09. The van der Waals surface area contributed by atoms with E-state index in [1.165, 1.54) is 0 Å². The van der Waals surface area contributed by atoms with E-state index in [2.05, 4.69) is 9.97 Å². The van der Waals surface area contributed by atoms with Crippen molar-refractivity contribution < 1.29 is 9.84 Å². The maximum absolute atomic E-state index is 8.61. The number of rotatable bonds is 4. The van der Waals surface area contributed by atoms with Gasteiger partial charge in [0, 0.05) is 10.6 Å². The molecule has 0 aliphatic heterocycles. The molecule has 0 unspecified atom stereocenters. The Labute approximate surface area is 104 Å². The average Bonchev–Trinajstić information content (AvgIpc) is 2.38. The number of aromatic nitrogens is 2. The van der Waals surface area contributed by atoms with Gasteiger partial charge in [-0.3, -0.25) is 0 Å². The summed E-state index contributed by atoms with van der Waals surface area (Å²) >= 11 is 5.80. The maximum Gasteiger partial charge on any atom is 0.159 e. The van der Waals surface area contributed by atoms with Crippen molar-refractivity contribution >= 4 is 11.6 Å². The Hall–Kier alpha value is -1.65. The summed E-state index contributed by atoms with van der Waals surface area (Å²) in [5.41, 5.74) is 0.892. The van der Waals surface area contributed by atoms with Crippen LogP contribution in [0.4, 0.5) is 0 Å². The zero-order valence-electron chi connectivity index (χ0n) is 9.01. The molecule has 1 N–H and O–H groups in total. The Morgan fingerprint density at radius 1 is 1.12 bits per heavy atom. The standard InChI is InChI=1S/C12H11ClN2O2/c13-10-3-1-9(2-4-10)12-14-7-11(8-15-12)17-6-5-16/h1-4,7-8,16H,5-6H2. The number of hydrogen-bond donors (Lipinski definition) is 1. The van der Waals surface area contributed by atoms with Crippen LogP contribution in [0.15, 0.2) is 36.7 Å². The molecule has 1 aromatic heterocycles. The molecule has 0 amide bonds. The summed E-state index contributed by atoms with van der Waals surface area (Å²) in [7, 11) is 0. The van der Waals surface area contributed by atoms with Gasteiger partial charge in [-0.25, -0.2) is 9.97 Å². The first kappa shape index (κ1) is 11.8. The van der Waals surface area contributed by atoms with Crippen molar-refractivity contribution in [2.75, 3.05) is 13.2 Å². The molecule has 1 heterocycles. The number of nitrogens with zero attached hydrogens (tertiary/aromatic N) is 2. The van der Waals surface area contributed by atoms with Gasteiger partial charge in [-0.05, 0) is 24.3 Å². The molecule has 4 nitrogen and oxygen atoms in total. The highest BCUT2D eigenvalue weighted by Crippen LogP contribution is 2.18. The largest absolute Gasteiger partial charge is 0.488 e. The molecule has 0 saturated heterocycles. The van der Waals surface area contributed by atoms with Crippen molar-refractivity contribution in [1.29, 1.82) is 0 Å². The molecule has 0 radical (unpaired) electrons. The monoisotopic (exact) mass is 250 g/mol. The number of benzene rings is 1. The molecular weight excluding hydrogens is 240 g/mol. The van der Waals surface area contributed by atoms with Crippen molar-refractivity contribution in [3.63, 3.8) is 0 Å². The third kappa shape index (κ3) is 3.15. The molecule has 2 rings (SSSR count). The van der Waals surface area contributed by atoms with Crippen LogP contribution >= 0.6 is 11.6 Å². The second-order valence-electron chi connectivity index (χ2n) is 3.32. The van der Waals surface area contributed by atoms with Gasteiger partial charge in [0.1, 0.15) is 6.61 Å². The Morgan fingerprint density at radius 3 is 2.35 bits per heavy atom. The van der Waals surface area contributed by atoms with E-state index in [0.29, 0.717) is 16.6 Å². The minimum atomic E-state index is -0.0288. The molecule has 88 valence electrons. The smallest absolute Gasteiger partial charge is 0.159 e. The highest BCUT2D eigenvalue weighted by atomic mass is 35.5. The van der Waals surface area contributed by atoms with Gasteiger partial charge >= 0.3 is 0 Å². The summed E-state index contributed by atoms with van der Waals surface area (Å²) in [4.78, 5) is 8.34. The predicted molar refractivity (Wildman–Crippen MR) is 65.1 cm³/mol. The zero-order chi connectivity index (χ0) is 12.1. The van der Waals surface area contributed by atoms with E-state index in [-0.39, 0.29) is 13.2 Å². The molecular formula is C12H11ClN2O2. The lowest BCUT2D eigenvalue weighted by atomic mass is 10.2. The van der Waals surface area contributed by atoms with Gasteiger partial charge in [0.05, 0.1) is 19.0 Å². The van der Waals surface area contributed by atoms with Crippen LogP contribution in [0.1, 0.15) is 0 Å². The van der Waals surface area contributed by atoms with Crippen molar-refractivity contribution in [3.05, 3.63) is 41.7 Å². The van der Waals surface area contributed by atoms with Crippen molar-refractivity contribution in [2.24, 2.45) is 0 Å². The Morgan fingerprint density at radius 2 is 1.76 bits per heavy atom.